The van der Waals surface area contributed by atoms with Crippen molar-refractivity contribution >= 4 is 11.7 Å². The van der Waals surface area contributed by atoms with Gasteiger partial charge in [0.2, 0.25) is 5.91 Å². The van der Waals surface area contributed by atoms with Crippen molar-refractivity contribution in [1.82, 2.24) is 5.32 Å². The largest absolute Gasteiger partial charge is 0.490 e. The van der Waals surface area contributed by atoms with Gasteiger partial charge in [0.05, 0.1) is 13.2 Å². The smallest absolute Gasteiger partial charge is 0.220 e. The summed E-state index contributed by atoms with van der Waals surface area (Å²) in [6.07, 6.45) is 1.09. The number of carbonyl (C=O) groups is 2. The molecule has 5 nitrogen and oxygen atoms in total. The number of Topliss-reactive ketones (excluding diaryl/α,β-unsaturated/α-hetero) is 1. The molecule has 0 aliphatic heterocycles. The molecule has 0 saturated carbocycles. The first-order valence-corrected chi connectivity index (χ1v) is 9.78. The minimum absolute atomic E-state index is 0.0111. The monoisotopic (exact) mass is 383 g/mol. The molecule has 0 fully saturated rings. The van der Waals surface area contributed by atoms with Gasteiger partial charge in [0.15, 0.2) is 17.3 Å². The van der Waals surface area contributed by atoms with E-state index in [1.165, 1.54) is 0 Å². The van der Waals surface area contributed by atoms with Crippen molar-refractivity contribution in [3.8, 4) is 11.5 Å². The van der Waals surface area contributed by atoms with Crippen LogP contribution in [-0.2, 0) is 11.2 Å². The lowest BCUT2D eigenvalue weighted by Gasteiger charge is -2.12. The SMILES string of the molecule is CCOc1ccc(CCNC(=O)CCC(=O)c2ccc(C)cc2)cc1OCC. The van der Waals surface area contributed by atoms with Crippen molar-refractivity contribution in [1.29, 1.82) is 0 Å². The van der Waals surface area contributed by atoms with Gasteiger partial charge in [-0.2, -0.15) is 0 Å². The van der Waals surface area contributed by atoms with E-state index in [4.69, 9.17) is 9.47 Å². The lowest BCUT2D eigenvalue weighted by molar-refractivity contribution is -0.121. The van der Waals surface area contributed by atoms with Crippen molar-refractivity contribution in [2.75, 3.05) is 19.8 Å². The summed E-state index contributed by atoms with van der Waals surface area (Å²) in [6, 6.07) is 13.2. The Morgan fingerprint density at radius 2 is 1.57 bits per heavy atom. The molecule has 0 atom stereocenters. The zero-order valence-electron chi connectivity index (χ0n) is 16.9. The fraction of sp³-hybridized carbons (Fsp3) is 0.391. The number of ketones is 1. The van der Waals surface area contributed by atoms with Gasteiger partial charge in [0.25, 0.3) is 0 Å². The molecule has 0 heterocycles. The molecule has 0 unspecified atom stereocenters. The van der Waals surface area contributed by atoms with E-state index in [0.29, 0.717) is 31.7 Å². The number of aryl methyl sites for hydroxylation is 1. The Bertz CT molecular complexity index is 784. The van der Waals surface area contributed by atoms with E-state index in [1.54, 1.807) is 12.1 Å². The normalized spacial score (nSPS) is 10.4. The molecule has 1 amide bonds. The van der Waals surface area contributed by atoms with Gasteiger partial charge in [-0.05, 0) is 44.9 Å². The molecule has 1 N–H and O–H groups in total. The van der Waals surface area contributed by atoms with E-state index >= 15 is 0 Å². The van der Waals surface area contributed by atoms with Crippen LogP contribution < -0.4 is 14.8 Å². The topological polar surface area (TPSA) is 64.6 Å². The Hall–Kier alpha value is -2.82. The molecule has 0 aromatic heterocycles. The number of hydrogen-bond donors (Lipinski definition) is 1. The van der Waals surface area contributed by atoms with E-state index in [0.717, 1.165) is 22.6 Å². The van der Waals surface area contributed by atoms with Gasteiger partial charge in [-0.15, -0.1) is 0 Å². The molecular formula is C23H29NO4. The van der Waals surface area contributed by atoms with Crippen LogP contribution in [0.15, 0.2) is 42.5 Å². The van der Waals surface area contributed by atoms with Crippen LogP contribution in [-0.4, -0.2) is 31.4 Å². The second kappa shape index (κ2) is 11.1. The van der Waals surface area contributed by atoms with Crippen molar-refractivity contribution in [2.24, 2.45) is 0 Å². The van der Waals surface area contributed by atoms with Crippen LogP contribution >= 0.6 is 0 Å². The fourth-order valence-corrected chi connectivity index (χ4v) is 2.80. The maximum Gasteiger partial charge on any atom is 0.220 e. The summed E-state index contributed by atoms with van der Waals surface area (Å²) < 4.78 is 11.2. The zero-order chi connectivity index (χ0) is 20.4. The van der Waals surface area contributed by atoms with Gasteiger partial charge in [0, 0.05) is 24.9 Å². The Labute approximate surface area is 167 Å². The average Bonchev–Trinajstić information content (AvgIpc) is 2.69. The second-order valence-electron chi connectivity index (χ2n) is 6.54. The van der Waals surface area contributed by atoms with Gasteiger partial charge in [-0.1, -0.05) is 35.9 Å². The first-order chi connectivity index (χ1) is 13.5. The van der Waals surface area contributed by atoms with Crippen LogP contribution in [0.3, 0.4) is 0 Å². The summed E-state index contributed by atoms with van der Waals surface area (Å²) in [4.78, 5) is 24.2. The number of ether oxygens (including phenoxy) is 2. The van der Waals surface area contributed by atoms with Gasteiger partial charge < -0.3 is 14.8 Å². The molecule has 2 aromatic rings. The summed E-state index contributed by atoms with van der Waals surface area (Å²) in [5, 5.41) is 2.88. The maximum atomic E-state index is 12.1. The molecule has 0 bridgehead atoms. The Kier molecular flexibility index (Phi) is 8.53. The Balaban J connectivity index is 1.77. The van der Waals surface area contributed by atoms with E-state index in [-0.39, 0.29) is 24.5 Å². The predicted octanol–water partition coefficient (Wildman–Crippen LogP) is 4.11. The van der Waals surface area contributed by atoms with E-state index in [9.17, 15) is 9.59 Å². The highest BCUT2D eigenvalue weighted by atomic mass is 16.5. The summed E-state index contributed by atoms with van der Waals surface area (Å²) in [7, 11) is 0. The molecule has 0 spiro atoms. The first-order valence-electron chi connectivity index (χ1n) is 9.78. The van der Waals surface area contributed by atoms with E-state index in [1.807, 2.05) is 51.1 Å². The van der Waals surface area contributed by atoms with Crippen LogP contribution in [0.1, 0.15) is 48.2 Å². The minimum atomic E-state index is -0.114. The van der Waals surface area contributed by atoms with Crippen molar-refractivity contribution in [3.63, 3.8) is 0 Å². The summed E-state index contributed by atoms with van der Waals surface area (Å²) in [5.41, 5.74) is 2.82. The molecule has 0 radical (unpaired) electrons. The Morgan fingerprint density at radius 1 is 0.893 bits per heavy atom. The lowest BCUT2D eigenvalue weighted by Crippen LogP contribution is -2.26. The summed E-state index contributed by atoms with van der Waals surface area (Å²) >= 11 is 0. The second-order valence-corrected chi connectivity index (χ2v) is 6.54. The van der Waals surface area contributed by atoms with Crippen LogP contribution in [0, 0.1) is 6.92 Å². The third-order valence-corrected chi connectivity index (χ3v) is 4.30. The maximum absolute atomic E-state index is 12.1. The highest BCUT2D eigenvalue weighted by molar-refractivity contribution is 5.97. The lowest BCUT2D eigenvalue weighted by atomic mass is 10.0. The average molecular weight is 383 g/mol. The summed E-state index contributed by atoms with van der Waals surface area (Å²) in [5.74, 6) is 1.32. The number of amides is 1. The van der Waals surface area contributed by atoms with Crippen molar-refractivity contribution in [2.45, 2.75) is 40.0 Å². The predicted molar refractivity (Wildman–Crippen MR) is 110 cm³/mol. The molecule has 0 aliphatic rings. The molecule has 2 aromatic carbocycles. The first kappa shape index (κ1) is 21.5. The van der Waals surface area contributed by atoms with Crippen LogP contribution in [0.5, 0.6) is 11.5 Å². The molecule has 150 valence electrons. The van der Waals surface area contributed by atoms with Crippen molar-refractivity contribution in [3.05, 3.63) is 59.2 Å². The molecule has 0 aliphatic carbocycles. The number of benzene rings is 2. The third-order valence-electron chi connectivity index (χ3n) is 4.30. The van der Waals surface area contributed by atoms with Crippen LogP contribution in [0.4, 0.5) is 0 Å². The highest BCUT2D eigenvalue weighted by Crippen LogP contribution is 2.28. The van der Waals surface area contributed by atoms with Gasteiger partial charge in [0.1, 0.15) is 0 Å². The molecular weight excluding hydrogens is 354 g/mol. The quantitative estimate of drug-likeness (QED) is 0.593. The molecule has 2 rings (SSSR count). The number of rotatable bonds is 11. The van der Waals surface area contributed by atoms with Crippen LogP contribution in [0.2, 0.25) is 0 Å². The Morgan fingerprint density at radius 3 is 2.25 bits per heavy atom. The third kappa shape index (κ3) is 6.72. The minimum Gasteiger partial charge on any atom is -0.490 e. The zero-order valence-corrected chi connectivity index (χ0v) is 16.9. The van der Waals surface area contributed by atoms with Gasteiger partial charge in [-0.3, -0.25) is 9.59 Å². The molecule has 28 heavy (non-hydrogen) atoms. The van der Waals surface area contributed by atoms with E-state index in [2.05, 4.69) is 5.32 Å². The summed E-state index contributed by atoms with van der Waals surface area (Å²) in [6.45, 7) is 7.50. The molecule has 5 heteroatoms. The van der Waals surface area contributed by atoms with E-state index < -0.39 is 0 Å². The van der Waals surface area contributed by atoms with Gasteiger partial charge in [-0.25, -0.2) is 0 Å². The number of nitrogens with one attached hydrogen (secondary N) is 1. The van der Waals surface area contributed by atoms with Crippen LogP contribution in [0.25, 0.3) is 0 Å². The van der Waals surface area contributed by atoms with Gasteiger partial charge >= 0.3 is 0 Å². The fourth-order valence-electron chi connectivity index (χ4n) is 2.80. The molecule has 0 saturated heterocycles. The number of carbonyl (C=O) groups excluding carboxylic acids is 2. The highest BCUT2D eigenvalue weighted by Gasteiger charge is 2.10. The number of hydrogen-bond acceptors (Lipinski definition) is 4. The van der Waals surface area contributed by atoms with Crippen molar-refractivity contribution < 1.29 is 19.1 Å². The standard InChI is InChI=1S/C23H29NO4/c1-4-27-21-12-8-18(16-22(21)28-5-2)14-15-24-23(26)13-11-20(25)19-9-6-17(3)7-10-19/h6-10,12,16H,4-5,11,13-15H2,1-3H3,(H,24,26).